The number of anilines is 2. The van der Waals surface area contributed by atoms with Crippen molar-refractivity contribution in [1.29, 1.82) is 0 Å². The molecule has 32 heavy (non-hydrogen) atoms. The zero-order valence-electron chi connectivity index (χ0n) is 17.9. The Balaban J connectivity index is 0.000000155. The summed E-state index contributed by atoms with van der Waals surface area (Å²) in [6.45, 7) is 2.04. The molecule has 1 aromatic carbocycles. The molecule has 1 aliphatic heterocycles. The summed E-state index contributed by atoms with van der Waals surface area (Å²) < 4.78 is 0. The number of halogens is 2. The lowest BCUT2D eigenvalue weighted by Gasteiger charge is -2.33. The fourth-order valence-electron chi connectivity index (χ4n) is 3.96. The molecule has 10 heteroatoms. The summed E-state index contributed by atoms with van der Waals surface area (Å²) in [5.41, 5.74) is 1.61. The fraction of sp³-hybridized carbons (Fsp3) is 0.455. The molecule has 0 bridgehead atoms. The van der Waals surface area contributed by atoms with E-state index in [9.17, 15) is 4.79 Å². The number of nitrogens with one attached hydrogen (secondary N) is 3. The van der Waals surface area contributed by atoms with Crippen LogP contribution in [0.2, 0.25) is 10.0 Å². The summed E-state index contributed by atoms with van der Waals surface area (Å²) in [5.74, 6) is 1.46. The van der Waals surface area contributed by atoms with Gasteiger partial charge in [-0.05, 0) is 56.8 Å². The second kappa shape index (κ2) is 10.5. The van der Waals surface area contributed by atoms with Gasteiger partial charge in [0.1, 0.15) is 18.4 Å². The molecule has 8 nitrogen and oxygen atoms in total. The molecule has 2 unspecified atom stereocenters. The molecule has 1 aliphatic carbocycles. The lowest BCUT2D eigenvalue weighted by atomic mass is 10.1. The van der Waals surface area contributed by atoms with Gasteiger partial charge in [-0.25, -0.2) is 9.97 Å². The first-order valence-corrected chi connectivity index (χ1v) is 11.6. The number of nitrogens with zero attached hydrogens (tertiary/aromatic N) is 4. The predicted octanol–water partition coefficient (Wildman–Crippen LogP) is 3.92. The molecule has 1 saturated carbocycles. The normalized spacial score (nSPS) is 19.2. The number of aromatic nitrogens is 4. The zero-order valence-corrected chi connectivity index (χ0v) is 19.4. The molecule has 3 aromatic rings. The number of H-pyrrole nitrogens is 1. The van der Waals surface area contributed by atoms with Gasteiger partial charge in [-0.1, -0.05) is 23.2 Å². The number of hydrogen-bond donors (Lipinski definition) is 3. The van der Waals surface area contributed by atoms with Crippen molar-refractivity contribution in [3.8, 4) is 0 Å². The van der Waals surface area contributed by atoms with Crippen molar-refractivity contribution < 1.29 is 4.79 Å². The van der Waals surface area contributed by atoms with E-state index in [-0.39, 0.29) is 6.04 Å². The van der Waals surface area contributed by atoms with Gasteiger partial charge in [0.25, 0.3) is 0 Å². The Labute approximate surface area is 197 Å². The van der Waals surface area contributed by atoms with E-state index in [1.807, 2.05) is 7.05 Å². The Hall–Kier alpha value is -2.42. The fourth-order valence-corrected chi connectivity index (χ4v) is 4.48. The van der Waals surface area contributed by atoms with E-state index in [4.69, 9.17) is 23.2 Å². The summed E-state index contributed by atoms with van der Waals surface area (Å²) in [5, 5.41) is 15.5. The van der Waals surface area contributed by atoms with Gasteiger partial charge in [0.15, 0.2) is 5.65 Å². The number of carbonyl (C=O) groups is 1. The predicted molar refractivity (Wildman–Crippen MR) is 129 cm³/mol. The van der Waals surface area contributed by atoms with Crippen molar-refractivity contribution in [3.63, 3.8) is 0 Å². The SMILES string of the molecule is CNC1CCCN(c2ncnc3[nH]ncc23)C1.O=CC(Nc1cc(Cl)cc(Cl)c1)C1CC1. The van der Waals surface area contributed by atoms with Crippen LogP contribution in [0, 0.1) is 5.92 Å². The smallest absolute Gasteiger partial charge is 0.160 e. The summed E-state index contributed by atoms with van der Waals surface area (Å²) in [6.07, 6.45) is 9.00. The third kappa shape index (κ3) is 5.68. The number of likely N-dealkylation sites (N-methyl/N-ethyl adjacent to an activating group) is 1. The Bertz CT molecular complexity index is 1040. The van der Waals surface area contributed by atoms with Crippen LogP contribution in [-0.4, -0.2) is 58.7 Å². The van der Waals surface area contributed by atoms with Crippen molar-refractivity contribution >= 4 is 52.0 Å². The highest BCUT2D eigenvalue weighted by molar-refractivity contribution is 6.35. The summed E-state index contributed by atoms with van der Waals surface area (Å²) >= 11 is 11.7. The minimum Gasteiger partial charge on any atom is -0.375 e. The molecule has 0 spiro atoms. The highest BCUT2D eigenvalue weighted by Crippen LogP contribution is 2.34. The van der Waals surface area contributed by atoms with Crippen molar-refractivity contribution in [2.45, 2.75) is 37.8 Å². The van der Waals surface area contributed by atoms with Crippen LogP contribution in [-0.2, 0) is 4.79 Å². The van der Waals surface area contributed by atoms with Crippen LogP contribution in [0.25, 0.3) is 11.0 Å². The molecule has 1 saturated heterocycles. The Kier molecular flexibility index (Phi) is 7.44. The van der Waals surface area contributed by atoms with Crippen molar-refractivity contribution in [1.82, 2.24) is 25.5 Å². The Morgan fingerprint density at radius 3 is 2.66 bits per heavy atom. The number of carbonyl (C=O) groups excluding carboxylic acids is 1. The molecule has 0 radical (unpaired) electrons. The molecule has 5 rings (SSSR count). The van der Waals surface area contributed by atoms with Crippen LogP contribution in [0.1, 0.15) is 25.7 Å². The summed E-state index contributed by atoms with van der Waals surface area (Å²) in [7, 11) is 2.02. The number of rotatable bonds is 6. The molecule has 0 amide bonds. The van der Waals surface area contributed by atoms with E-state index in [0.717, 1.165) is 54.8 Å². The van der Waals surface area contributed by atoms with Gasteiger partial charge in [0.2, 0.25) is 0 Å². The summed E-state index contributed by atoms with van der Waals surface area (Å²) in [6, 6.07) is 5.64. The van der Waals surface area contributed by atoms with Gasteiger partial charge in [0, 0.05) is 34.9 Å². The standard InChI is InChI=1S/C11H11Cl2NO.C11H16N6/c12-8-3-9(13)5-10(4-8)14-11(6-15)7-1-2-7;1-12-8-3-2-4-17(6-8)11-9-5-15-16-10(9)13-7-14-11/h3-7,11,14H,1-2H2;5,7-8,12H,2-4,6H2,1H3,(H,13,14,15,16). The quantitative estimate of drug-likeness (QED) is 0.464. The average molecular weight is 476 g/mol. The molecule has 170 valence electrons. The van der Waals surface area contributed by atoms with Gasteiger partial charge < -0.3 is 20.3 Å². The highest BCUT2D eigenvalue weighted by atomic mass is 35.5. The lowest BCUT2D eigenvalue weighted by Crippen LogP contribution is -2.44. The largest absolute Gasteiger partial charge is 0.375 e. The first kappa shape index (κ1) is 22.8. The number of aromatic amines is 1. The van der Waals surface area contributed by atoms with E-state index in [0.29, 0.717) is 22.0 Å². The molecule has 2 aliphatic rings. The Morgan fingerprint density at radius 2 is 1.97 bits per heavy atom. The Morgan fingerprint density at radius 1 is 1.19 bits per heavy atom. The van der Waals surface area contributed by atoms with E-state index in [2.05, 4.69) is 35.7 Å². The lowest BCUT2D eigenvalue weighted by molar-refractivity contribution is -0.108. The van der Waals surface area contributed by atoms with Crippen LogP contribution in [0.4, 0.5) is 11.5 Å². The molecule has 3 heterocycles. The van der Waals surface area contributed by atoms with Crippen LogP contribution in [0.5, 0.6) is 0 Å². The minimum atomic E-state index is -0.112. The number of fused-ring (bicyclic) bond motifs is 1. The maximum absolute atomic E-state index is 10.8. The van der Waals surface area contributed by atoms with Crippen LogP contribution < -0.4 is 15.5 Å². The molecule has 2 atom stereocenters. The molecular formula is C22H27Cl2N7O. The van der Waals surface area contributed by atoms with Crippen molar-refractivity contribution in [3.05, 3.63) is 40.8 Å². The van der Waals surface area contributed by atoms with Crippen molar-refractivity contribution in [2.75, 3.05) is 30.4 Å². The van der Waals surface area contributed by atoms with E-state index in [1.54, 1.807) is 30.7 Å². The number of aldehydes is 1. The van der Waals surface area contributed by atoms with Crippen molar-refractivity contribution in [2.24, 2.45) is 5.92 Å². The van der Waals surface area contributed by atoms with Crippen LogP contribution in [0.15, 0.2) is 30.7 Å². The third-order valence-electron chi connectivity index (χ3n) is 5.83. The molecule has 3 N–H and O–H groups in total. The van der Waals surface area contributed by atoms with Gasteiger partial charge in [-0.15, -0.1) is 0 Å². The second-order valence-corrected chi connectivity index (χ2v) is 9.08. The first-order valence-electron chi connectivity index (χ1n) is 10.8. The zero-order chi connectivity index (χ0) is 22.5. The first-order chi connectivity index (χ1) is 15.6. The van der Waals surface area contributed by atoms with Crippen LogP contribution >= 0.6 is 23.2 Å². The highest BCUT2D eigenvalue weighted by Gasteiger charge is 2.30. The van der Waals surface area contributed by atoms with E-state index >= 15 is 0 Å². The third-order valence-corrected chi connectivity index (χ3v) is 6.26. The maximum Gasteiger partial charge on any atom is 0.160 e. The average Bonchev–Trinajstić information content (AvgIpc) is 3.53. The number of piperidine rings is 1. The van der Waals surface area contributed by atoms with E-state index in [1.165, 1.54) is 12.8 Å². The molecule has 2 fully saturated rings. The van der Waals surface area contributed by atoms with E-state index < -0.39 is 0 Å². The molecule has 2 aromatic heterocycles. The second-order valence-electron chi connectivity index (χ2n) is 8.21. The summed E-state index contributed by atoms with van der Waals surface area (Å²) in [4.78, 5) is 21.7. The van der Waals surface area contributed by atoms with Gasteiger partial charge in [-0.2, -0.15) is 5.10 Å². The van der Waals surface area contributed by atoms with Crippen LogP contribution in [0.3, 0.4) is 0 Å². The topological polar surface area (TPSA) is 98.8 Å². The minimum absolute atomic E-state index is 0.112. The van der Waals surface area contributed by atoms with Gasteiger partial charge in [-0.3, -0.25) is 5.10 Å². The van der Waals surface area contributed by atoms with Gasteiger partial charge in [0.05, 0.1) is 17.6 Å². The number of hydrogen-bond acceptors (Lipinski definition) is 7. The van der Waals surface area contributed by atoms with Gasteiger partial charge >= 0.3 is 0 Å². The number of benzene rings is 1. The molecular weight excluding hydrogens is 449 g/mol. The monoisotopic (exact) mass is 475 g/mol. The maximum atomic E-state index is 10.8.